The Balaban J connectivity index is 1.82. The molecule has 120 valence electrons. The van der Waals surface area contributed by atoms with Crippen molar-refractivity contribution in [3.05, 3.63) is 63.2 Å². The highest BCUT2D eigenvalue weighted by atomic mass is 127. The van der Waals surface area contributed by atoms with Crippen molar-refractivity contribution in [3.8, 4) is 5.75 Å². The molecular weight excluding hydrogens is 411 g/mol. The molecule has 0 aromatic heterocycles. The van der Waals surface area contributed by atoms with Gasteiger partial charge in [-0.25, -0.2) is 9.59 Å². The second kappa shape index (κ2) is 8.52. The minimum absolute atomic E-state index is 0.0692. The van der Waals surface area contributed by atoms with E-state index in [0.717, 1.165) is 3.57 Å². The lowest BCUT2D eigenvalue weighted by molar-refractivity contribution is -0.147. The third kappa shape index (κ3) is 5.55. The van der Waals surface area contributed by atoms with Crippen LogP contribution in [0.1, 0.15) is 15.9 Å². The molecule has 0 atom stereocenters. The lowest BCUT2D eigenvalue weighted by atomic mass is 10.1. The number of hydrogen-bond donors (Lipinski definition) is 0. The Hall–Kier alpha value is -2.09. The van der Waals surface area contributed by atoms with Crippen molar-refractivity contribution in [2.75, 3.05) is 13.7 Å². The zero-order valence-electron chi connectivity index (χ0n) is 12.5. The van der Waals surface area contributed by atoms with E-state index < -0.39 is 11.9 Å². The van der Waals surface area contributed by atoms with E-state index in [1.54, 1.807) is 36.4 Å². The molecule has 0 aliphatic heterocycles. The molecule has 0 aliphatic carbocycles. The summed E-state index contributed by atoms with van der Waals surface area (Å²) >= 11 is 2.19. The van der Waals surface area contributed by atoms with Gasteiger partial charge < -0.3 is 14.2 Å². The Morgan fingerprint density at radius 3 is 2.52 bits per heavy atom. The van der Waals surface area contributed by atoms with E-state index in [1.807, 2.05) is 12.1 Å². The van der Waals surface area contributed by atoms with Gasteiger partial charge in [0.05, 0.1) is 12.7 Å². The lowest BCUT2D eigenvalue weighted by Crippen LogP contribution is -2.15. The van der Waals surface area contributed by atoms with Gasteiger partial charge in [0.25, 0.3) is 0 Å². The van der Waals surface area contributed by atoms with Crippen LogP contribution in [0.2, 0.25) is 0 Å². The molecule has 0 spiro atoms. The van der Waals surface area contributed by atoms with Crippen LogP contribution in [0.3, 0.4) is 0 Å². The Bertz CT molecular complexity index is 682. The van der Waals surface area contributed by atoms with Gasteiger partial charge in [-0.1, -0.05) is 12.1 Å². The van der Waals surface area contributed by atoms with Gasteiger partial charge in [-0.05, 0) is 64.6 Å². The van der Waals surface area contributed by atoms with Crippen molar-refractivity contribution in [2.45, 2.75) is 6.61 Å². The molecule has 0 unspecified atom stereocenters. The third-order valence-corrected chi connectivity index (χ3v) is 3.64. The zero-order valence-corrected chi connectivity index (χ0v) is 14.6. The predicted molar refractivity (Wildman–Crippen MR) is 92.2 cm³/mol. The molecule has 0 fully saturated rings. The van der Waals surface area contributed by atoms with Crippen LogP contribution in [0, 0.1) is 3.57 Å². The molecule has 23 heavy (non-hydrogen) atoms. The first-order valence-corrected chi connectivity index (χ1v) is 7.87. The maximum absolute atomic E-state index is 11.7. The van der Waals surface area contributed by atoms with Crippen LogP contribution >= 0.6 is 22.6 Å². The molecule has 0 heterocycles. The van der Waals surface area contributed by atoms with Gasteiger partial charge in [-0.3, -0.25) is 0 Å². The Labute approximate surface area is 147 Å². The smallest absolute Gasteiger partial charge is 0.344 e. The van der Waals surface area contributed by atoms with Crippen LogP contribution in [0.25, 0.3) is 0 Å². The quantitative estimate of drug-likeness (QED) is 0.525. The fraction of sp³-hybridized carbons (Fsp3) is 0.176. The Kier molecular flexibility index (Phi) is 6.40. The molecule has 2 aromatic carbocycles. The molecule has 6 heteroatoms. The molecule has 0 bridgehead atoms. The maximum Gasteiger partial charge on any atom is 0.344 e. The largest absolute Gasteiger partial charge is 0.482 e. The highest BCUT2D eigenvalue weighted by Gasteiger charge is 2.08. The summed E-state index contributed by atoms with van der Waals surface area (Å²) in [5, 5.41) is 0. The lowest BCUT2D eigenvalue weighted by Gasteiger charge is -2.08. The van der Waals surface area contributed by atoms with E-state index >= 15 is 0 Å². The van der Waals surface area contributed by atoms with Crippen LogP contribution < -0.4 is 4.74 Å². The van der Waals surface area contributed by atoms with Crippen molar-refractivity contribution in [1.82, 2.24) is 0 Å². The molecule has 0 saturated carbocycles. The van der Waals surface area contributed by atoms with Crippen LogP contribution in [0.4, 0.5) is 0 Å². The van der Waals surface area contributed by atoms with E-state index in [-0.39, 0.29) is 13.2 Å². The molecule has 2 rings (SSSR count). The number of methoxy groups -OCH3 is 1. The first-order valence-electron chi connectivity index (χ1n) is 6.80. The monoisotopic (exact) mass is 426 g/mol. The van der Waals surface area contributed by atoms with Crippen molar-refractivity contribution < 1.29 is 23.8 Å². The SMILES string of the molecule is COC(=O)c1cccc(COC(=O)COc2ccc(I)cc2)c1. The van der Waals surface area contributed by atoms with E-state index in [1.165, 1.54) is 7.11 Å². The van der Waals surface area contributed by atoms with Crippen LogP contribution in [0.15, 0.2) is 48.5 Å². The van der Waals surface area contributed by atoms with E-state index in [4.69, 9.17) is 9.47 Å². The summed E-state index contributed by atoms with van der Waals surface area (Å²) in [5.41, 5.74) is 1.12. The normalized spacial score (nSPS) is 10.0. The minimum atomic E-state index is -0.480. The van der Waals surface area contributed by atoms with Crippen LogP contribution in [0.5, 0.6) is 5.75 Å². The number of ether oxygens (including phenoxy) is 3. The summed E-state index contributed by atoms with van der Waals surface area (Å²) in [4.78, 5) is 23.1. The van der Waals surface area contributed by atoms with Gasteiger partial charge in [-0.15, -0.1) is 0 Å². The third-order valence-electron chi connectivity index (χ3n) is 2.92. The minimum Gasteiger partial charge on any atom is -0.482 e. The van der Waals surface area contributed by atoms with Gasteiger partial charge in [0.1, 0.15) is 12.4 Å². The second-order valence-electron chi connectivity index (χ2n) is 4.60. The van der Waals surface area contributed by atoms with Crippen molar-refractivity contribution in [3.63, 3.8) is 0 Å². The first kappa shape index (κ1) is 17.3. The van der Waals surface area contributed by atoms with Crippen LogP contribution in [-0.4, -0.2) is 25.7 Å². The van der Waals surface area contributed by atoms with Gasteiger partial charge in [0, 0.05) is 3.57 Å². The van der Waals surface area contributed by atoms with Gasteiger partial charge in [0.2, 0.25) is 0 Å². The van der Waals surface area contributed by atoms with E-state index in [0.29, 0.717) is 16.9 Å². The summed E-state index contributed by atoms with van der Waals surface area (Å²) in [6, 6.07) is 14.1. The first-order chi connectivity index (χ1) is 11.1. The van der Waals surface area contributed by atoms with Gasteiger partial charge in [0.15, 0.2) is 6.61 Å². The number of halogens is 1. The standard InChI is InChI=1S/C17H15IO5/c1-21-17(20)13-4-2-3-12(9-13)10-23-16(19)11-22-15-7-5-14(18)6-8-15/h2-9H,10-11H2,1H3. The Morgan fingerprint density at radius 1 is 1.09 bits per heavy atom. The summed E-state index contributed by atoms with van der Waals surface area (Å²) in [5.74, 6) is -0.303. The summed E-state index contributed by atoms with van der Waals surface area (Å²) < 4.78 is 16.2. The molecule has 0 radical (unpaired) electrons. The number of esters is 2. The Morgan fingerprint density at radius 2 is 1.83 bits per heavy atom. The van der Waals surface area contributed by atoms with Crippen molar-refractivity contribution >= 4 is 34.5 Å². The number of carbonyl (C=O) groups excluding carboxylic acids is 2. The number of rotatable bonds is 6. The number of hydrogen-bond acceptors (Lipinski definition) is 5. The van der Waals surface area contributed by atoms with Crippen molar-refractivity contribution in [2.24, 2.45) is 0 Å². The fourth-order valence-corrected chi connectivity index (χ4v) is 2.14. The molecule has 2 aromatic rings. The predicted octanol–water partition coefficient (Wildman–Crippen LogP) is 3.20. The molecule has 0 aliphatic rings. The van der Waals surface area contributed by atoms with Gasteiger partial charge in [-0.2, -0.15) is 0 Å². The molecule has 5 nitrogen and oxygen atoms in total. The summed E-state index contributed by atoms with van der Waals surface area (Å²) in [6.45, 7) is -0.100. The summed E-state index contributed by atoms with van der Waals surface area (Å²) in [6.07, 6.45) is 0. The highest BCUT2D eigenvalue weighted by molar-refractivity contribution is 14.1. The second-order valence-corrected chi connectivity index (χ2v) is 5.84. The summed E-state index contributed by atoms with van der Waals surface area (Å²) in [7, 11) is 1.32. The molecule has 0 saturated heterocycles. The van der Waals surface area contributed by atoms with E-state index in [9.17, 15) is 9.59 Å². The number of benzene rings is 2. The highest BCUT2D eigenvalue weighted by Crippen LogP contribution is 2.13. The molecular formula is C17H15IO5. The zero-order chi connectivity index (χ0) is 16.7. The van der Waals surface area contributed by atoms with Crippen molar-refractivity contribution in [1.29, 1.82) is 0 Å². The van der Waals surface area contributed by atoms with E-state index in [2.05, 4.69) is 27.3 Å². The maximum atomic E-state index is 11.7. The molecule has 0 amide bonds. The van der Waals surface area contributed by atoms with Gasteiger partial charge >= 0.3 is 11.9 Å². The average Bonchev–Trinajstić information content (AvgIpc) is 2.59. The number of carbonyl (C=O) groups is 2. The topological polar surface area (TPSA) is 61.8 Å². The average molecular weight is 426 g/mol. The van der Waals surface area contributed by atoms with Crippen LogP contribution in [-0.2, 0) is 20.9 Å². The fourth-order valence-electron chi connectivity index (χ4n) is 1.78. The molecule has 0 N–H and O–H groups in total.